The summed E-state index contributed by atoms with van der Waals surface area (Å²) in [6.07, 6.45) is 8.84. The summed E-state index contributed by atoms with van der Waals surface area (Å²) in [5.74, 6) is 0.551. The van der Waals surface area contributed by atoms with E-state index in [1.54, 1.807) is 6.92 Å². The number of aryl methyl sites for hydroxylation is 1. The quantitative estimate of drug-likeness (QED) is 0.339. The van der Waals surface area contributed by atoms with Crippen LogP contribution in [-0.2, 0) is 14.3 Å². The summed E-state index contributed by atoms with van der Waals surface area (Å²) in [6, 6.07) is 8.29. The first-order chi connectivity index (χ1) is 15.8. The van der Waals surface area contributed by atoms with Gasteiger partial charge in [0.15, 0.2) is 5.78 Å². The van der Waals surface area contributed by atoms with Gasteiger partial charge in [0.1, 0.15) is 11.4 Å². The maximum Gasteiger partial charge on any atom is 0.354 e. The summed E-state index contributed by atoms with van der Waals surface area (Å²) >= 11 is 0. The smallest absolute Gasteiger partial charge is 0.354 e. The van der Waals surface area contributed by atoms with Gasteiger partial charge in [0, 0.05) is 11.3 Å². The number of nitrogens with zero attached hydrogens (tertiary/aromatic N) is 1. The number of para-hydroxylation sites is 1. The second kappa shape index (κ2) is 16.1. The Bertz CT molecular complexity index is 814. The molecule has 1 aromatic carbocycles. The van der Waals surface area contributed by atoms with E-state index in [9.17, 15) is 9.59 Å². The van der Waals surface area contributed by atoms with Gasteiger partial charge in [0.25, 0.3) is 0 Å². The molecule has 1 fully saturated rings. The van der Waals surface area contributed by atoms with Crippen LogP contribution in [0.25, 0.3) is 0 Å². The van der Waals surface area contributed by atoms with Crippen LogP contribution < -0.4 is 10.5 Å². The molecule has 6 heteroatoms. The number of rotatable bonds is 11. The standard InChI is InChI=1S/C15H24O.C12H18N2O3/c1-4-6-11-14(9-5-2)16-15-12-8-7-10-13(15)3;1-3-17-12(16)11(13)9-5-4-6-10(9)14-7-8(2)15/h7-8,10,12,14H,4-6,9,11H2,1-3H3;3-7,13H2,1-2H3/b;11-9-,14-10?. The molecule has 0 saturated heterocycles. The summed E-state index contributed by atoms with van der Waals surface area (Å²) in [5.41, 5.74) is 8.62. The molecule has 0 aliphatic heterocycles. The predicted octanol–water partition coefficient (Wildman–Crippen LogP) is 5.71. The lowest BCUT2D eigenvalue weighted by atomic mass is 10.1. The van der Waals surface area contributed by atoms with Gasteiger partial charge in [-0.3, -0.25) is 9.79 Å². The third-order valence-corrected chi connectivity index (χ3v) is 5.38. The van der Waals surface area contributed by atoms with Gasteiger partial charge in [-0.2, -0.15) is 0 Å². The monoisotopic (exact) mass is 458 g/mol. The van der Waals surface area contributed by atoms with Crippen LogP contribution in [0.4, 0.5) is 0 Å². The first kappa shape index (κ1) is 28.4. The van der Waals surface area contributed by atoms with Crippen LogP contribution in [0.15, 0.2) is 40.5 Å². The first-order valence-corrected chi connectivity index (χ1v) is 12.2. The molecule has 0 spiro atoms. The average molecular weight is 459 g/mol. The van der Waals surface area contributed by atoms with E-state index in [4.69, 9.17) is 15.2 Å². The molecule has 1 aromatic rings. The Morgan fingerprint density at radius 2 is 1.82 bits per heavy atom. The molecule has 1 unspecified atom stereocenters. The number of aliphatic imine (C=N–C) groups is 1. The number of hydrogen-bond donors (Lipinski definition) is 1. The molecule has 6 nitrogen and oxygen atoms in total. The second-order valence-corrected chi connectivity index (χ2v) is 8.37. The molecular formula is C27H42N2O4. The second-order valence-electron chi connectivity index (χ2n) is 8.37. The molecule has 1 aliphatic carbocycles. The van der Waals surface area contributed by atoms with Crippen LogP contribution in [0.1, 0.15) is 84.6 Å². The van der Waals surface area contributed by atoms with Crippen LogP contribution in [0.5, 0.6) is 5.75 Å². The lowest BCUT2D eigenvalue weighted by Gasteiger charge is -2.19. The SMILES string of the molecule is CCCCC(CCC)Oc1ccccc1C.CCOC(=O)/C(N)=C1\CCCC1=NCC(C)=O. The molecular weight excluding hydrogens is 416 g/mol. The maximum atomic E-state index is 11.5. The Morgan fingerprint density at radius 3 is 2.42 bits per heavy atom. The Morgan fingerprint density at radius 1 is 1.09 bits per heavy atom. The number of esters is 1. The first-order valence-electron chi connectivity index (χ1n) is 12.2. The third kappa shape index (κ3) is 10.7. The molecule has 33 heavy (non-hydrogen) atoms. The van der Waals surface area contributed by atoms with Gasteiger partial charge < -0.3 is 15.2 Å². The van der Waals surface area contributed by atoms with E-state index < -0.39 is 5.97 Å². The fourth-order valence-electron chi connectivity index (χ4n) is 3.62. The summed E-state index contributed by atoms with van der Waals surface area (Å²) in [4.78, 5) is 26.5. The number of allylic oxidation sites excluding steroid dienone is 1. The Labute approximate surface area is 199 Å². The average Bonchev–Trinajstić information content (AvgIpc) is 3.26. The maximum absolute atomic E-state index is 11.5. The van der Waals surface area contributed by atoms with Crippen molar-refractivity contribution in [2.75, 3.05) is 13.2 Å². The number of carbonyl (C=O) groups excluding carboxylic acids is 2. The van der Waals surface area contributed by atoms with Gasteiger partial charge in [0.05, 0.1) is 19.3 Å². The largest absolute Gasteiger partial charge is 0.490 e. The lowest BCUT2D eigenvalue weighted by molar-refractivity contribution is -0.138. The highest BCUT2D eigenvalue weighted by atomic mass is 16.5. The lowest BCUT2D eigenvalue weighted by Crippen LogP contribution is -2.19. The summed E-state index contributed by atoms with van der Waals surface area (Å²) < 4.78 is 10.9. The Hall–Kier alpha value is -2.63. The number of ketones is 1. The van der Waals surface area contributed by atoms with E-state index in [0.29, 0.717) is 12.7 Å². The number of unbranched alkanes of at least 4 members (excludes halogenated alkanes) is 1. The summed E-state index contributed by atoms with van der Waals surface area (Å²) in [6.45, 7) is 10.2. The van der Waals surface area contributed by atoms with Crippen molar-refractivity contribution in [1.29, 1.82) is 0 Å². The van der Waals surface area contributed by atoms with Crippen molar-refractivity contribution in [3.63, 3.8) is 0 Å². The number of hydrogen-bond acceptors (Lipinski definition) is 6. The van der Waals surface area contributed by atoms with E-state index >= 15 is 0 Å². The molecule has 0 radical (unpaired) electrons. The van der Waals surface area contributed by atoms with E-state index in [0.717, 1.165) is 42.7 Å². The molecule has 0 bridgehead atoms. The number of nitrogens with two attached hydrogens (primary N) is 1. The van der Waals surface area contributed by atoms with Crippen LogP contribution >= 0.6 is 0 Å². The van der Waals surface area contributed by atoms with E-state index in [1.807, 2.05) is 6.07 Å². The van der Waals surface area contributed by atoms with Crippen molar-refractivity contribution in [1.82, 2.24) is 0 Å². The predicted molar refractivity (Wildman–Crippen MR) is 135 cm³/mol. The zero-order valence-corrected chi connectivity index (χ0v) is 21.1. The zero-order chi connectivity index (χ0) is 24.6. The van der Waals surface area contributed by atoms with E-state index in [2.05, 4.69) is 44.0 Å². The molecule has 0 aromatic heterocycles. The molecule has 184 valence electrons. The number of benzene rings is 1. The van der Waals surface area contributed by atoms with Crippen molar-refractivity contribution >= 4 is 17.5 Å². The minimum absolute atomic E-state index is 0.00143. The Balaban J connectivity index is 0.000000331. The highest BCUT2D eigenvalue weighted by molar-refractivity contribution is 6.08. The van der Waals surface area contributed by atoms with Crippen LogP contribution in [-0.4, -0.2) is 36.7 Å². The zero-order valence-electron chi connectivity index (χ0n) is 21.1. The van der Waals surface area contributed by atoms with Crippen molar-refractivity contribution in [2.45, 2.75) is 92.1 Å². The van der Waals surface area contributed by atoms with E-state index in [-0.39, 0.29) is 18.0 Å². The fraction of sp³-hybridized carbons (Fsp3) is 0.593. The molecule has 1 saturated carbocycles. The fourth-order valence-corrected chi connectivity index (χ4v) is 3.62. The number of ether oxygens (including phenoxy) is 2. The van der Waals surface area contributed by atoms with Crippen LogP contribution in [0.3, 0.4) is 0 Å². The number of Topliss-reactive ketones (excluding diaryl/α,β-unsaturated/α-hetero) is 1. The molecule has 0 heterocycles. The van der Waals surface area contributed by atoms with Crippen molar-refractivity contribution < 1.29 is 19.1 Å². The molecule has 2 rings (SSSR count). The van der Waals surface area contributed by atoms with Crippen molar-refractivity contribution in [2.24, 2.45) is 10.7 Å². The molecule has 1 aliphatic rings. The third-order valence-electron chi connectivity index (χ3n) is 5.38. The summed E-state index contributed by atoms with van der Waals surface area (Å²) in [5, 5.41) is 0. The van der Waals surface area contributed by atoms with Crippen LogP contribution in [0.2, 0.25) is 0 Å². The Kier molecular flexibility index (Phi) is 13.8. The topological polar surface area (TPSA) is 91.0 Å². The van der Waals surface area contributed by atoms with Gasteiger partial charge in [-0.15, -0.1) is 0 Å². The van der Waals surface area contributed by atoms with Crippen LogP contribution in [0, 0.1) is 6.92 Å². The van der Waals surface area contributed by atoms with Gasteiger partial charge >= 0.3 is 5.97 Å². The normalized spacial score (nSPS) is 16.6. The van der Waals surface area contributed by atoms with Crippen molar-refractivity contribution in [3.8, 4) is 5.75 Å². The molecule has 2 N–H and O–H groups in total. The highest BCUT2D eigenvalue weighted by Crippen LogP contribution is 2.24. The highest BCUT2D eigenvalue weighted by Gasteiger charge is 2.22. The van der Waals surface area contributed by atoms with Gasteiger partial charge in [0.2, 0.25) is 0 Å². The number of carbonyl (C=O) groups is 2. The van der Waals surface area contributed by atoms with Crippen molar-refractivity contribution in [3.05, 3.63) is 41.1 Å². The van der Waals surface area contributed by atoms with Gasteiger partial charge in [-0.05, 0) is 64.5 Å². The van der Waals surface area contributed by atoms with Gasteiger partial charge in [-0.1, -0.05) is 51.3 Å². The summed E-state index contributed by atoms with van der Waals surface area (Å²) in [7, 11) is 0. The molecule has 1 atom stereocenters. The minimum atomic E-state index is -0.500. The van der Waals surface area contributed by atoms with Gasteiger partial charge in [-0.25, -0.2) is 4.79 Å². The minimum Gasteiger partial charge on any atom is -0.490 e. The molecule has 0 amide bonds. The van der Waals surface area contributed by atoms with E-state index in [1.165, 1.54) is 38.2 Å².